The first kappa shape index (κ1) is 9.04. The molecule has 13 heavy (non-hydrogen) atoms. The molecule has 1 heterocycles. The molecule has 0 saturated carbocycles. The number of ether oxygens (including phenoxy) is 1. The summed E-state index contributed by atoms with van der Waals surface area (Å²) in [5, 5.41) is 0.788. The lowest BCUT2D eigenvalue weighted by molar-refractivity contribution is 0.365. The zero-order chi connectivity index (χ0) is 9.26. The molecule has 0 N–H and O–H groups in total. The third-order valence-electron chi connectivity index (χ3n) is 2.35. The minimum atomic E-state index is 0.331. The van der Waals surface area contributed by atoms with Gasteiger partial charge in [0.2, 0.25) is 0 Å². The van der Waals surface area contributed by atoms with Crippen LogP contribution in [0.15, 0.2) is 24.3 Å². The van der Waals surface area contributed by atoms with Crippen molar-refractivity contribution < 1.29 is 4.74 Å². The van der Waals surface area contributed by atoms with Crippen LogP contribution >= 0.6 is 11.6 Å². The van der Waals surface area contributed by atoms with Crippen LogP contribution < -0.4 is 0 Å². The molecule has 1 aliphatic heterocycles. The maximum atomic E-state index is 5.79. The second kappa shape index (κ2) is 3.69. The van der Waals surface area contributed by atoms with Crippen LogP contribution in [0.1, 0.15) is 31.4 Å². The topological polar surface area (TPSA) is 12.5 Å². The van der Waals surface area contributed by atoms with E-state index in [-0.39, 0.29) is 0 Å². The lowest BCUT2D eigenvalue weighted by Gasteiger charge is -1.95. The molecule has 0 amide bonds. The molecule has 1 aromatic carbocycles. The summed E-state index contributed by atoms with van der Waals surface area (Å²) >= 11 is 5.79. The van der Waals surface area contributed by atoms with Gasteiger partial charge in [-0.3, -0.25) is 0 Å². The summed E-state index contributed by atoms with van der Waals surface area (Å²) in [4.78, 5) is 0. The highest BCUT2D eigenvalue weighted by molar-refractivity contribution is 6.30. The van der Waals surface area contributed by atoms with Gasteiger partial charge < -0.3 is 4.74 Å². The first-order chi connectivity index (χ1) is 6.31. The molecule has 0 unspecified atom stereocenters. The van der Waals surface area contributed by atoms with Crippen LogP contribution in [-0.2, 0) is 4.74 Å². The summed E-state index contributed by atoms with van der Waals surface area (Å²) in [6.45, 7) is 2.18. The van der Waals surface area contributed by atoms with E-state index in [1.165, 1.54) is 12.0 Å². The molecule has 0 bridgehead atoms. The lowest BCUT2D eigenvalue weighted by atomic mass is 10.1. The van der Waals surface area contributed by atoms with Crippen LogP contribution in [0.25, 0.3) is 0 Å². The van der Waals surface area contributed by atoms with Crippen molar-refractivity contribution >= 4 is 11.6 Å². The summed E-state index contributed by atoms with van der Waals surface area (Å²) in [6.07, 6.45) is 3.13. The van der Waals surface area contributed by atoms with Crippen molar-refractivity contribution in [2.24, 2.45) is 0 Å². The van der Waals surface area contributed by atoms with Gasteiger partial charge in [-0.25, -0.2) is 0 Å². The highest BCUT2D eigenvalue weighted by Gasteiger charge is 2.38. The maximum Gasteiger partial charge on any atom is 0.109 e. The third kappa shape index (κ3) is 2.04. The highest BCUT2D eigenvalue weighted by Crippen LogP contribution is 2.41. The number of hydrogen-bond donors (Lipinski definition) is 0. The molecular formula is C11H13ClO. The normalized spacial score (nSPS) is 26.0. The summed E-state index contributed by atoms with van der Waals surface area (Å²) in [6, 6.07) is 7.93. The highest BCUT2D eigenvalue weighted by atomic mass is 35.5. The molecule has 2 atom stereocenters. The molecule has 1 saturated heterocycles. The average Bonchev–Trinajstić information content (AvgIpc) is 2.86. The van der Waals surface area contributed by atoms with E-state index in [0.717, 1.165) is 11.4 Å². The molecule has 0 spiro atoms. The van der Waals surface area contributed by atoms with E-state index in [9.17, 15) is 0 Å². The van der Waals surface area contributed by atoms with Gasteiger partial charge >= 0.3 is 0 Å². The van der Waals surface area contributed by atoms with Gasteiger partial charge in [-0.05, 0) is 24.1 Å². The van der Waals surface area contributed by atoms with Gasteiger partial charge in [0, 0.05) is 5.02 Å². The van der Waals surface area contributed by atoms with Gasteiger partial charge in [0.05, 0.1) is 6.10 Å². The fourth-order valence-electron chi connectivity index (χ4n) is 1.59. The van der Waals surface area contributed by atoms with Crippen molar-refractivity contribution in [1.82, 2.24) is 0 Å². The Morgan fingerprint density at radius 3 is 2.62 bits per heavy atom. The van der Waals surface area contributed by atoms with Crippen LogP contribution in [0.5, 0.6) is 0 Å². The minimum Gasteiger partial charge on any atom is -0.365 e. The van der Waals surface area contributed by atoms with E-state index in [1.54, 1.807) is 0 Å². The van der Waals surface area contributed by atoms with Crippen molar-refractivity contribution in [3.05, 3.63) is 34.9 Å². The van der Waals surface area contributed by atoms with Gasteiger partial charge in [0.1, 0.15) is 6.10 Å². The summed E-state index contributed by atoms with van der Waals surface area (Å²) in [5.74, 6) is 0. The Morgan fingerprint density at radius 1 is 1.31 bits per heavy atom. The Labute approximate surface area is 83.7 Å². The number of halogens is 1. The number of rotatable bonds is 3. The van der Waals surface area contributed by atoms with Crippen LogP contribution in [0.4, 0.5) is 0 Å². The smallest absolute Gasteiger partial charge is 0.109 e. The number of epoxide rings is 1. The average molecular weight is 197 g/mol. The second-order valence-electron chi connectivity index (χ2n) is 3.44. The fourth-order valence-corrected chi connectivity index (χ4v) is 1.72. The Hall–Kier alpha value is -0.530. The van der Waals surface area contributed by atoms with Crippen LogP contribution in [0.2, 0.25) is 5.02 Å². The second-order valence-corrected chi connectivity index (χ2v) is 3.87. The zero-order valence-electron chi connectivity index (χ0n) is 7.66. The Kier molecular flexibility index (Phi) is 2.56. The van der Waals surface area contributed by atoms with Crippen molar-refractivity contribution in [3.63, 3.8) is 0 Å². The molecule has 0 aromatic heterocycles. The molecule has 0 aliphatic carbocycles. The van der Waals surface area contributed by atoms with E-state index in [0.29, 0.717) is 12.2 Å². The SMILES string of the molecule is CCC[C@@H]1O[C@@H]1c1ccc(Cl)cc1. The third-order valence-corrected chi connectivity index (χ3v) is 2.61. The predicted octanol–water partition coefficient (Wildman–Crippen LogP) is 3.58. The first-order valence-corrected chi connectivity index (χ1v) is 5.10. The maximum absolute atomic E-state index is 5.79. The summed E-state index contributed by atoms with van der Waals surface area (Å²) < 4.78 is 5.54. The predicted molar refractivity (Wildman–Crippen MR) is 54.0 cm³/mol. The van der Waals surface area contributed by atoms with Crippen LogP contribution in [-0.4, -0.2) is 6.10 Å². The number of benzene rings is 1. The summed E-state index contributed by atoms with van der Waals surface area (Å²) in [7, 11) is 0. The Balaban J connectivity index is 2.00. The zero-order valence-corrected chi connectivity index (χ0v) is 8.42. The molecule has 2 heteroatoms. The molecule has 2 rings (SSSR count). The quantitative estimate of drug-likeness (QED) is 0.674. The fraction of sp³-hybridized carbons (Fsp3) is 0.455. The minimum absolute atomic E-state index is 0.331. The van der Waals surface area contributed by atoms with Gasteiger partial charge in [-0.1, -0.05) is 37.1 Å². The molecule has 70 valence electrons. The summed E-state index contributed by atoms with van der Waals surface area (Å²) in [5.41, 5.74) is 1.25. The molecule has 1 nitrogen and oxygen atoms in total. The van der Waals surface area contributed by atoms with Crippen molar-refractivity contribution in [2.45, 2.75) is 32.0 Å². The lowest BCUT2D eigenvalue weighted by Crippen LogP contribution is -1.87. The van der Waals surface area contributed by atoms with Crippen molar-refractivity contribution in [3.8, 4) is 0 Å². The van der Waals surface area contributed by atoms with Crippen LogP contribution in [0, 0.1) is 0 Å². The van der Waals surface area contributed by atoms with E-state index in [2.05, 4.69) is 6.92 Å². The van der Waals surface area contributed by atoms with E-state index in [4.69, 9.17) is 16.3 Å². The van der Waals surface area contributed by atoms with E-state index >= 15 is 0 Å². The number of hydrogen-bond acceptors (Lipinski definition) is 1. The van der Waals surface area contributed by atoms with Gasteiger partial charge in [-0.15, -0.1) is 0 Å². The molecular weight excluding hydrogens is 184 g/mol. The standard InChI is InChI=1S/C11H13ClO/c1-2-3-10-11(13-10)8-4-6-9(12)7-5-8/h4-7,10-11H,2-3H2,1H3/t10-,11+/m0/s1. The monoisotopic (exact) mass is 196 g/mol. The first-order valence-electron chi connectivity index (χ1n) is 4.72. The van der Waals surface area contributed by atoms with Gasteiger partial charge in [0.25, 0.3) is 0 Å². The Bertz CT molecular complexity index is 281. The molecule has 1 aromatic rings. The van der Waals surface area contributed by atoms with E-state index in [1.807, 2.05) is 24.3 Å². The van der Waals surface area contributed by atoms with E-state index < -0.39 is 0 Å². The Morgan fingerprint density at radius 2 is 2.00 bits per heavy atom. The van der Waals surface area contributed by atoms with Gasteiger partial charge in [-0.2, -0.15) is 0 Å². The molecule has 0 radical (unpaired) electrons. The van der Waals surface area contributed by atoms with Gasteiger partial charge in [0.15, 0.2) is 0 Å². The van der Waals surface area contributed by atoms with Crippen molar-refractivity contribution in [1.29, 1.82) is 0 Å². The molecule has 1 fully saturated rings. The van der Waals surface area contributed by atoms with Crippen molar-refractivity contribution in [2.75, 3.05) is 0 Å². The molecule has 1 aliphatic rings. The van der Waals surface area contributed by atoms with Crippen LogP contribution in [0.3, 0.4) is 0 Å². The largest absolute Gasteiger partial charge is 0.365 e.